The average Bonchev–Trinajstić information content (AvgIpc) is 3.31. The maximum absolute atomic E-state index is 5.01. The molecule has 2 aromatic rings. The summed E-state index contributed by atoms with van der Waals surface area (Å²) in [6, 6.07) is 5.20. The molecular formula is C23H38N6S. The van der Waals surface area contributed by atoms with Crippen LogP contribution in [-0.2, 0) is 13.5 Å². The smallest absolute Gasteiger partial charge is 0.191 e. The first-order chi connectivity index (χ1) is 14.4. The van der Waals surface area contributed by atoms with Gasteiger partial charge < -0.3 is 10.6 Å². The lowest BCUT2D eigenvalue weighted by molar-refractivity contribution is 0.128. The van der Waals surface area contributed by atoms with Gasteiger partial charge in [0.15, 0.2) is 5.96 Å². The molecule has 166 valence electrons. The Morgan fingerprint density at radius 2 is 2.17 bits per heavy atom. The topological polar surface area (TPSA) is 57.5 Å². The van der Waals surface area contributed by atoms with Crippen LogP contribution in [0.5, 0.6) is 0 Å². The van der Waals surface area contributed by atoms with Gasteiger partial charge in [0.05, 0.1) is 5.69 Å². The largest absolute Gasteiger partial charge is 0.357 e. The second-order valence-electron chi connectivity index (χ2n) is 8.59. The fraction of sp³-hybridized carbons (Fsp3) is 0.652. The quantitative estimate of drug-likeness (QED) is 0.520. The van der Waals surface area contributed by atoms with Crippen molar-refractivity contribution in [3.8, 4) is 0 Å². The third-order valence-electron chi connectivity index (χ3n) is 6.22. The van der Waals surface area contributed by atoms with Gasteiger partial charge in [-0.15, -0.1) is 11.3 Å². The van der Waals surface area contributed by atoms with Gasteiger partial charge in [-0.05, 0) is 83.5 Å². The highest BCUT2D eigenvalue weighted by atomic mass is 32.1. The van der Waals surface area contributed by atoms with Crippen LogP contribution in [-0.4, -0.2) is 53.4 Å². The number of guanidine groups is 1. The Balaban J connectivity index is 1.67. The first kappa shape index (κ1) is 22.8. The van der Waals surface area contributed by atoms with E-state index >= 15 is 0 Å². The number of rotatable bonds is 7. The van der Waals surface area contributed by atoms with Crippen molar-refractivity contribution in [3.05, 3.63) is 39.3 Å². The summed E-state index contributed by atoms with van der Waals surface area (Å²) in [5.41, 5.74) is 3.70. The molecule has 3 atom stereocenters. The summed E-state index contributed by atoms with van der Waals surface area (Å²) in [7, 11) is 4.27. The first-order valence-electron chi connectivity index (χ1n) is 11.2. The number of aromatic nitrogens is 2. The summed E-state index contributed by atoms with van der Waals surface area (Å²) in [6.07, 6.45) is 3.43. The summed E-state index contributed by atoms with van der Waals surface area (Å²) < 4.78 is 1.97. The lowest BCUT2D eigenvalue weighted by Crippen LogP contribution is -2.44. The maximum Gasteiger partial charge on any atom is 0.191 e. The molecule has 0 radical (unpaired) electrons. The Morgan fingerprint density at radius 3 is 2.80 bits per heavy atom. The van der Waals surface area contributed by atoms with E-state index in [1.54, 1.807) is 0 Å². The number of nitrogens with one attached hydrogen (secondary N) is 2. The van der Waals surface area contributed by atoms with E-state index in [2.05, 4.69) is 72.9 Å². The molecule has 2 N–H and O–H groups in total. The lowest BCUT2D eigenvalue weighted by Gasteiger charge is -2.38. The standard InChI is InChI=1S/C23H38N6S/c1-7-24-23(26-16(2)14-20-17(3)27-29(6)18(20)4)25-15-19-10-8-12-28(5)22(19)21-11-9-13-30-21/h9,11,13,16,19,22H,7-8,10,12,14-15H2,1-6H3,(H2,24,25,26). The Morgan fingerprint density at radius 1 is 1.37 bits per heavy atom. The van der Waals surface area contributed by atoms with Crippen LogP contribution in [0.25, 0.3) is 0 Å². The molecule has 1 saturated heterocycles. The van der Waals surface area contributed by atoms with Crippen LogP contribution in [0, 0.1) is 19.8 Å². The fourth-order valence-corrected chi connectivity index (χ4v) is 5.58. The Hall–Kier alpha value is -1.86. The molecule has 0 saturated carbocycles. The molecule has 30 heavy (non-hydrogen) atoms. The van der Waals surface area contributed by atoms with E-state index < -0.39 is 0 Å². The van der Waals surface area contributed by atoms with Crippen molar-refractivity contribution in [3.63, 3.8) is 0 Å². The first-order valence-corrected chi connectivity index (χ1v) is 12.1. The Bertz CT molecular complexity index is 825. The molecular weight excluding hydrogens is 392 g/mol. The van der Waals surface area contributed by atoms with E-state index in [4.69, 9.17) is 4.99 Å². The van der Waals surface area contributed by atoms with Gasteiger partial charge in [0.1, 0.15) is 0 Å². The number of aryl methyl sites for hydroxylation is 2. The van der Waals surface area contributed by atoms with E-state index in [0.29, 0.717) is 12.0 Å². The van der Waals surface area contributed by atoms with Gasteiger partial charge in [-0.1, -0.05) is 6.07 Å². The van der Waals surface area contributed by atoms with E-state index in [1.807, 2.05) is 23.1 Å². The molecule has 2 aromatic heterocycles. The van der Waals surface area contributed by atoms with Crippen molar-refractivity contribution in [2.45, 2.75) is 59.0 Å². The molecule has 0 bridgehead atoms. The van der Waals surface area contributed by atoms with Crippen molar-refractivity contribution in [1.29, 1.82) is 0 Å². The Kier molecular flexibility index (Phi) is 7.94. The summed E-state index contributed by atoms with van der Waals surface area (Å²) in [5, 5.41) is 13.8. The van der Waals surface area contributed by atoms with Crippen LogP contribution in [0.15, 0.2) is 22.5 Å². The van der Waals surface area contributed by atoms with E-state index in [9.17, 15) is 0 Å². The second kappa shape index (κ2) is 10.4. The molecule has 3 rings (SSSR count). The highest BCUT2D eigenvalue weighted by molar-refractivity contribution is 7.10. The van der Waals surface area contributed by atoms with Crippen LogP contribution >= 0.6 is 11.3 Å². The van der Waals surface area contributed by atoms with Gasteiger partial charge in [0.25, 0.3) is 0 Å². The van der Waals surface area contributed by atoms with Crippen LogP contribution in [0.4, 0.5) is 0 Å². The normalized spacial score (nSPS) is 21.6. The minimum atomic E-state index is 0.284. The number of piperidine rings is 1. The molecule has 0 aliphatic carbocycles. The van der Waals surface area contributed by atoms with Gasteiger partial charge in [-0.25, -0.2) is 0 Å². The van der Waals surface area contributed by atoms with Gasteiger partial charge in [-0.3, -0.25) is 14.6 Å². The number of hydrogen-bond donors (Lipinski definition) is 2. The molecule has 0 spiro atoms. The third kappa shape index (κ3) is 5.43. The predicted octanol–water partition coefficient (Wildman–Crippen LogP) is 3.67. The zero-order valence-electron chi connectivity index (χ0n) is 19.4. The molecule has 0 aromatic carbocycles. The minimum Gasteiger partial charge on any atom is -0.357 e. The zero-order valence-corrected chi connectivity index (χ0v) is 20.2. The number of thiophene rings is 1. The molecule has 6 nitrogen and oxygen atoms in total. The summed E-state index contributed by atoms with van der Waals surface area (Å²) in [6.45, 7) is 11.5. The second-order valence-corrected chi connectivity index (χ2v) is 9.56. The van der Waals surface area contributed by atoms with Gasteiger partial charge >= 0.3 is 0 Å². The van der Waals surface area contributed by atoms with Crippen LogP contribution in [0.3, 0.4) is 0 Å². The van der Waals surface area contributed by atoms with Crippen molar-refractivity contribution in [2.75, 3.05) is 26.7 Å². The molecule has 3 heterocycles. The van der Waals surface area contributed by atoms with E-state index in [1.165, 1.54) is 35.5 Å². The van der Waals surface area contributed by atoms with Crippen molar-refractivity contribution in [1.82, 2.24) is 25.3 Å². The number of hydrogen-bond acceptors (Lipinski definition) is 4. The van der Waals surface area contributed by atoms with Gasteiger partial charge in [0, 0.05) is 42.8 Å². The zero-order chi connectivity index (χ0) is 21.7. The highest BCUT2D eigenvalue weighted by Gasteiger charge is 2.31. The maximum atomic E-state index is 5.01. The fourth-order valence-electron chi connectivity index (χ4n) is 4.59. The summed E-state index contributed by atoms with van der Waals surface area (Å²) in [4.78, 5) is 8.99. The predicted molar refractivity (Wildman–Crippen MR) is 127 cm³/mol. The number of nitrogens with zero attached hydrogens (tertiary/aromatic N) is 4. The molecule has 0 amide bonds. The third-order valence-corrected chi connectivity index (χ3v) is 7.17. The van der Waals surface area contributed by atoms with Crippen LogP contribution < -0.4 is 10.6 Å². The van der Waals surface area contributed by atoms with E-state index in [-0.39, 0.29) is 6.04 Å². The van der Waals surface area contributed by atoms with E-state index in [0.717, 1.165) is 31.2 Å². The van der Waals surface area contributed by atoms with Crippen LogP contribution in [0.2, 0.25) is 0 Å². The summed E-state index contributed by atoms with van der Waals surface area (Å²) in [5.74, 6) is 1.47. The van der Waals surface area contributed by atoms with Gasteiger partial charge in [0.2, 0.25) is 0 Å². The lowest BCUT2D eigenvalue weighted by atomic mass is 9.88. The van der Waals surface area contributed by atoms with Crippen molar-refractivity contribution >= 4 is 17.3 Å². The minimum absolute atomic E-state index is 0.284. The average molecular weight is 431 g/mol. The SMILES string of the molecule is CCNC(=NCC1CCCN(C)C1c1cccs1)NC(C)Cc1c(C)nn(C)c1C. The highest BCUT2D eigenvalue weighted by Crippen LogP contribution is 2.37. The molecule has 1 aliphatic rings. The van der Waals surface area contributed by atoms with Crippen molar-refractivity contribution in [2.24, 2.45) is 18.0 Å². The monoisotopic (exact) mass is 430 g/mol. The Labute approximate surface area is 185 Å². The molecule has 1 fully saturated rings. The molecule has 3 unspecified atom stereocenters. The van der Waals surface area contributed by atoms with Gasteiger partial charge in [-0.2, -0.15) is 5.10 Å². The number of likely N-dealkylation sites (tertiary alicyclic amines) is 1. The molecule has 1 aliphatic heterocycles. The number of aliphatic imine (C=N–C) groups is 1. The van der Waals surface area contributed by atoms with Crippen LogP contribution in [0.1, 0.15) is 54.6 Å². The molecule has 7 heteroatoms. The van der Waals surface area contributed by atoms with Crippen molar-refractivity contribution < 1.29 is 0 Å². The summed E-state index contributed by atoms with van der Waals surface area (Å²) >= 11 is 1.87.